The van der Waals surface area contributed by atoms with Gasteiger partial charge in [0.1, 0.15) is 12.4 Å². The molecule has 1 rings (SSSR count). The number of hydrogen-bond donors (Lipinski definition) is 1. The van der Waals surface area contributed by atoms with E-state index in [0.29, 0.717) is 5.69 Å². The third kappa shape index (κ3) is 2.32. The second-order valence-corrected chi connectivity index (χ2v) is 2.63. The summed E-state index contributed by atoms with van der Waals surface area (Å²) in [6.07, 6.45) is 1.40. The smallest absolute Gasteiger partial charge is 0.341 e. The molecule has 0 spiro atoms. The van der Waals surface area contributed by atoms with E-state index in [2.05, 4.69) is 11.3 Å². The maximum Gasteiger partial charge on any atom is 0.341 e. The molecule has 0 saturated carbocycles. The van der Waals surface area contributed by atoms with Crippen molar-refractivity contribution in [3.8, 4) is 0 Å². The third-order valence-corrected chi connectivity index (χ3v) is 1.54. The van der Waals surface area contributed by atoms with Crippen LogP contribution in [0.15, 0.2) is 30.9 Å². The van der Waals surface area contributed by atoms with Crippen LogP contribution in [0.25, 0.3) is 0 Å². The number of nitrogens with two attached hydrogens (primary N) is 1. The van der Waals surface area contributed by atoms with Gasteiger partial charge in [-0.05, 0) is 18.2 Å². The lowest BCUT2D eigenvalue weighted by atomic mass is 10.2. The van der Waals surface area contributed by atoms with Crippen molar-refractivity contribution in [3.05, 3.63) is 42.2 Å². The maximum absolute atomic E-state index is 13.1. The Morgan fingerprint density at radius 1 is 1.64 bits per heavy atom. The van der Waals surface area contributed by atoms with Crippen molar-refractivity contribution in [2.75, 3.05) is 12.3 Å². The molecule has 0 fully saturated rings. The molecule has 0 aliphatic heterocycles. The van der Waals surface area contributed by atoms with Crippen LogP contribution < -0.4 is 5.73 Å². The van der Waals surface area contributed by atoms with Crippen LogP contribution >= 0.6 is 0 Å². The van der Waals surface area contributed by atoms with Crippen LogP contribution in [0.2, 0.25) is 0 Å². The van der Waals surface area contributed by atoms with E-state index in [9.17, 15) is 9.18 Å². The molecule has 14 heavy (non-hydrogen) atoms. The Labute approximate surface area is 81.0 Å². The molecule has 74 valence electrons. The van der Waals surface area contributed by atoms with Gasteiger partial charge in [-0.25, -0.2) is 9.18 Å². The molecule has 1 aromatic carbocycles. The van der Waals surface area contributed by atoms with Crippen molar-refractivity contribution in [2.45, 2.75) is 0 Å². The van der Waals surface area contributed by atoms with Gasteiger partial charge in [-0.2, -0.15) is 0 Å². The number of anilines is 1. The molecule has 0 aromatic heterocycles. The fourth-order valence-electron chi connectivity index (χ4n) is 0.912. The molecule has 0 bridgehead atoms. The van der Waals surface area contributed by atoms with Gasteiger partial charge in [0.2, 0.25) is 0 Å². The van der Waals surface area contributed by atoms with E-state index in [1.807, 2.05) is 0 Å². The van der Waals surface area contributed by atoms with Gasteiger partial charge in [0, 0.05) is 5.69 Å². The molecule has 1 aromatic rings. The molecule has 0 aliphatic carbocycles. The van der Waals surface area contributed by atoms with E-state index in [1.165, 1.54) is 18.2 Å². The average molecular weight is 195 g/mol. The second kappa shape index (κ2) is 4.41. The summed E-state index contributed by atoms with van der Waals surface area (Å²) in [5.41, 5.74) is 5.56. The van der Waals surface area contributed by atoms with Gasteiger partial charge in [-0.1, -0.05) is 12.7 Å². The summed E-state index contributed by atoms with van der Waals surface area (Å²) in [5.74, 6) is -1.39. The maximum atomic E-state index is 13.1. The molecule has 0 unspecified atom stereocenters. The van der Waals surface area contributed by atoms with Gasteiger partial charge in [0.15, 0.2) is 0 Å². The van der Waals surface area contributed by atoms with Crippen LogP contribution in [0.3, 0.4) is 0 Å². The van der Waals surface area contributed by atoms with Crippen LogP contribution in [0, 0.1) is 5.82 Å². The van der Waals surface area contributed by atoms with Gasteiger partial charge >= 0.3 is 5.97 Å². The molecule has 0 amide bonds. The van der Waals surface area contributed by atoms with Crippen LogP contribution in [-0.4, -0.2) is 12.6 Å². The molecule has 0 aliphatic rings. The molecular formula is C10H10FNO2. The summed E-state index contributed by atoms with van der Waals surface area (Å²) in [4.78, 5) is 11.2. The van der Waals surface area contributed by atoms with E-state index in [4.69, 9.17) is 5.73 Å². The third-order valence-electron chi connectivity index (χ3n) is 1.54. The summed E-state index contributed by atoms with van der Waals surface area (Å²) in [6.45, 7) is 3.42. The van der Waals surface area contributed by atoms with Crippen LogP contribution in [0.5, 0.6) is 0 Å². The van der Waals surface area contributed by atoms with Crippen molar-refractivity contribution in [1.29, 1.82) is 0 Å². The first-order valence-electron chi connectivity index (χ1n) is 3.98. The Morgan fingerprint density at radius 2 is 2.36 bits per heavy atom. The highest BCUT2D eigenvalue weighted by Crippen LogP contribution is 2.12. The Balaban J connectivity index is 2.88. The van der Waals surface area contributed by atoms with E-state index in [1.54, 1.807) is 0 Å². The number of esters is 1. The molecule has 0 atom stereocenters. The first-order chi connectivity index (χ1) is 6.65. The average Bonchev–Trinajstić information content (AvgIpc) is 2.18. The van der Waals surface area contributed by atoms with Gasteiger partial charge < -0.3 is 10.5 Å². The number of nitrogen functional groups attached to an aromatic ring is 1. The normalized spacial score (nSPS) is 9.50. The zero-order chi connectivity index (χ0) is 10.6. The highest BCUT2D eigenvalue weighted by atomic mass is 19.1. The fraction of sp³-hybridized carbons (Fsp3) is 0.100. The fourth-order valence-corrected chi connectivity index (χ4v) is 0.912. The first-order valence-corrected chi connectivity index (χ1v) is 3.98. The zero-order valence-electron chi connectivity index (χ0n) is 7.50. The lowest BCUT2D eigenvalue weighted by molar-refractivity contribution is 0.0544. The van der Waals surface area contributed by atoms with Gasteiger partial charge in [-0.3, -0.25) is 0 Å². The number of rotatable bonds is 3. The predicted octanol–water partition coefficient (Wildman–Crippen LogP) is 1.75. The van der Waals surface area contributed by atoms with Gasteiger partial charge in [0.25, 0.3) is 0 Å². The second-order valence-electron chi connectivity index (χ2n) is 2.63. The summed E-state index contributed by atoms with van der Waals surface area (Å²) in [5, 5.41) is 0. The van der Waals surface area contributed by atoms with Crippen molar-refractivity contribution in [2.24, 2.45) is 0 Å². The molecular weight excluding hydrogens is 185 g/mol. The summed E-state index contributed by atoms with van der Waals surface area (Å²) in [6, 6.07) is 3.74. The number of carbonyl (C=O) groups excluding carboxylic acids is 1. The van der Waals surface area contributed by atoms with Crippen LogP contribution in [0.1, 0.15) is 10.4 Å². The highest BCUT2D eigenvalue weighted by molar-refractivity contribution is 5.90. The summed E-state index contributed by atoms with van der Waals surface area (Å²) >= 11 is 0. The number of carbonyl (C=O) groups is 1. The molecule has 0 heterocycles. The first kappa shape index (κ1) is 10.2. The van der Waals surface area contributed by atoms with E-state index in [0.717, 1.165) is 6.07 Å². The van der Waals surface area contributed by atoms with Crippen LogP contribution in [-0.2, 0) is 4.74 Å². The van der Waals surface area contributed by atoms with Crippen molar-refractivity contribution >= 4 is 11.7 Å². The van der Waals surface area contributed by atoms with Crippen molar-refractivity contribution in [1.82, 2.24) is 0 Å². The predicted molar refractivity (Wildman–Crippen MR) is 51.3 cm³/mol. The lowest BCUT2D eigenvalue weighted by Gasteiger charge is -2.03. The molecule has 0 saturated heterocycles. The van der Waals surface area contributed by atoms with E-state index >= 15 is 0 Å². The molecule has 3 nitrogen and oxygen atoms in total. The SMILES string of the molecule is C=CCOC(=O)c1cc(N)ccc1F. The minimum Gasteiger partial charge on any atom is -0.458 e. The minimum atomic E-state index is -0.741. The number of halogens is 1. The van der Waals surface area contributed by atoms with Gasteiger partial charge in [-0.15, -0.1) is 0 Å². The Kier molecular flexibility index (Phi) is 3.23. The quantitative estimate of drug-likeness (QED) is 0.454. The summed E-state index contributed by atoms with van der Waals surface area (Å²) < 4.78 is 17.7. The van der Waals surface area contributed by atoms with E-state index in [-0.39, 0.29) is 12.2 Å². The number of ether oxygens (including phenoxy) is 1. The largest absolute Gasteiger partial charge is 0.458 e. The minimum absolute atomic E-state index is 0.0487. The standard InChI is InChI=1S/C10H10FNO2/c1-2-5-14-10(13)8-6-7(12)3-4-9(8)11/h2-4,6H,1,5,12H2. The number of hydrogen-bond acceptors (Lipinski definition) is 3. The Hall–Kier alpha value is -1.84. The lowest BCUT2D eigenvalue weighted by Crippen LogP contribution is -2.08. The summed E-state index contributed by atoms with van der Waals surface area (Å²) in [7, 11) is 0. The molecule has 4 heteroatoms. The van der Waals surface area contributed by atoms with Crippen molar-refractivity contribution < 1.29 is 13.9 Å². The Morgan fingerprint density at radius 3 is 3.00 bits per heavy atom. The Bertz CT molecular complexity index is 363. The van der Waals surface area contributed by atoms with Gasteiger partial charge in [0.05, 0.1) is 5.56 Å². The topological polar surface area (TPSA) is 52.3 Å². The highest BCUT2D eigenvalue weighted by Gasteiger charge is 2.12. The zero-order valence-corrected chi connectivity index (χ0v) is 7.50. The molecule has 0 radical (unpaired) electrons. The van der Waals surface area contributed by atoms with Crippen molar-refractivity contribution in [3.63, 3.8) is 0 Å². The van der Waals surface area contributed by atoms with E-state index < -0.39 is 11.8 Å². The monoisotopic (exact) mass is 195 g/mol. The van der Waals surface area contributed by atoms with Crippen LogP contribution in [0.4, 0.5) is 10.1 Å². The number of benzene rings is 1. The molecule has 2 N–H and O–H groups in total.